The van der Waals surface area contributed by atoms with Gasteiger partial charge in [0.2, 0.25) is 5.95 Å². The average Bonchev–Trinajstić information content (AvgIpc) is 2.85. The molecule has 1 saturated carbocycles. The van der Waals surface area contributed by atoms with Crippen LogP contribution in [0.4, 0.5) is 5.95 Å². The quantitative estimate of drug-likeness (QED) is 0.918. The van der Waals surface area contributed by atoms with Gasteiger partial charge in [0.15, 0.2) is 0 Å². The SMILES string of the molecule is CCC(C1CCCCC1)n1c(N)nc2ccc(OC)cc21. The number of ether oxygens (including phenoxy) is 1. The van der Waals surface area contributed by atoms with Gasteiger partial charge in [0.05, 0.1) is 18.1 Å². The highest BCUT2D eigenvalue weighted by Crippen LogP contribution is 2.38. The molecule has 3 rings (SSSR count). The van der Waals surface area contributed by atoms with Crippen LogP contribution in [-0.2, 0) is 0 Å². The molecule has 0 amide bonds. The van der Waals surface area contributed by atoms with E-state index < -0.39 is 0 Å². The highest BCUT2D eigenvalue weighted by atomic mass is 16.5. The van der Waals surface area contributed by atoms with E-state index in [1.807, 2.05) is 12.1 Å². The van der Waals surface area contributed by atoms with Crippen molar-refractivity contribution < 1.29 is 4.74 Å². The van der Waals surface area contributed by atoms with Gasteiger partial charge in [-0.1, -0.05) is 26.2 Å². The number of benzene rings is 1. The van der Waals surface area contributed by atoms with E-state index in [0.717, 1.165) is 29.1 Å². The van der Waals surface area contributed by atoms with Crippen molar-refractivity contribution in [2.24, 2.45) is 5.92 Å². The summed E-state index contributed by atoms with van der Waals surface area (Å²) < 4.78 is 7.61. The highest BCUT2D eigenvalue weighted by Gasteiger charge is 2.26. The minimum absolute atomic E-state index is 0.447. The molecular formula is C17H25N3O. The maximum Gasteiger partial charge on any atom is 0.201 e. The maximum absolute atomic E-state index is 6.24. The van der Waals surface area contributed by atoms with E-state index in [4.69, 9.17) is 10.5 Å². The third-order valence-electron chi connectivity index (χ3n) is 4.87. The number of methoxy groups -OCH3 is 1. The van der Waals surface area contributed by atoms with Gasteiger partial charge in [0, 0.05) is 12.1 Å². The van der Waals surface area contributed by atoms with Gasteiger partial charge in [0.1, 0.15) is 5.75 Å². The van der Waals surface area contributed by atoms with E-state index in [0.29, 0.717) is 12.0 Å². The number of rotatable bonds is 4. The average molecular weight is 287 g/mol. The van der Waals surface area contributed by atoms with Crippen LogP contribution in [0.15, 0.2) is 18.2 Å². The lowest BCUT2D eigenvalue weighted by molar-refractivity contribution is 0.249. The van der Waals surface area contributed by atoms with E-state index in [9.17, 15) is 0 Å². The fraction of sp³-hybridized carbons (Fsp3) is 0.588. The zero-order chi connectivity index (χ0) is 14.8. The standard InChI is InChI=1S/C17H25N3O/c1-3-15(12-7-5-4-6-8-12)20-16-11-13(21-2)9-10-14(16)19-17(20)18/h9-12,15H,3-8H2,1-2H3,(H2,18,19). The summed E-state index contributed by atoms with van der Waals surface area (Å²) in [6.45, 7) is 2.25. The van der Waals surface area contributed by atoms with E-state index >= 15 is 0 Å². The lowest BCUT2D eigenvalue weighted by Crippen LogP contribution is -2.22. The second-order valence-corrected chi connectivity index (χ2v) is 6.07. The van der Waals surface area contributed by atoms with Crippen molar-refractivity contribution in [3.05, 3.63) is 18.2 Å². The first-order chi connectivity index (χ1) is 10.2. The van der Waals surface area contributed by atoms with Crippen molar-refractivity contribution in [3.8, 4) is 5.75 Å². The van der Waals surface area contributed by atoms with Crippen LogP contribution in [0, 0.1) is 5.92 Å². The number of nitrogen functional groups attached to an aromatic ring is 1. The Labute approximate surface area is 126 Å². The number of aromatic nitrogens is 2. The second-order valence-electron chi connectivity index (χ2n) is 6.07. The largest absolute Gasteiger partial charge is 0.497 e. The van der Waals surface area contributed by atoms with Crippen molar-refractivity contribution in [2.75, 3.05) is 12.8 Å². The van der Waals surface area contributed by atoms with Crippen LogP contribution in [0.1, 0.15) is 51.5 Å². The number of nitrogens with two attached hydrogens (primary N) is 1. The normalized spacial score (nSPS) is 18.0. The molecule has 4 heteroatoms. The number of hydrogen-bond acceptors (Lipinski definition) is 3. The molecule has 2 N–H and O–H groups in total. The molecule has 1 fully saturated rings. The fourth-order valence-corrected chi connectivity index (χ4v) is 3.81. The molecule has 1 heterocycles. The lowest BCUT2D eigenvalue weighted by Gasteiger charge is -2.31. The summed E-state index contributed by atoms with van der Waals surface area (Å²) in [6, 6.07) is 6.45. The molecule has 0 spiro atoms. The van der Waals surface area contributed by atoms with Gasteiger partial charge in [-0.2, -0.15) is 0 Å². The highest BCUT2D eigenvalue weighted by molar-refractivity contribution is 5.80. The predicted molar refractivity (Wildman–Crippen MR) is 86.6 cm³/mol. The first-order valence-electron chi connectivity index (χ1n) is 8.06. The topological polar surface area (TPSA) is 53.1 Å². The first-order valence-corrected chi connectivity index (χ1v) is 8.06. The molecule has 0 saturated heterocycles. The molecule has 0 aliphatic heterocycles. The Morgan fingerprint density at radius 3 is 2.76 bits per heavy atom. The molecule has 21 heavy (non-hydrogen) atoms. The Morgan fingerprint density at radius 2 is 2.10 bits per heavy atom. The van der Waals surface area contributed by atoms with Crippen LogP contribution in [-0.4, -0.2) is 16.7 Å². The predicted octanol–water partition coefficient (Wildman–Crippen LogP) is 4.16. The van der Waals surface area contributed by atoms with Gasteiger partial charge in [0.25, 0.3) is 0 Å². The van der Waals surface area contributed by atoms with Gasteiger partial charge in [-0.05, 0) is 37.3 Å². The van der Waals surface area contributed by atoms with Gasteiger partial charge >= 0.3 is 0 Å². The van der Waals surface area contributed by atoms with E-state index in [2.05, 4.69) is 22.5 Å². The zero-order valence-corrected chi connectivity index (χ0v) is 13.0. The van der Waals surface area contributed by atoms with Crippen LogP contribution in [0.3, 0.4) is 0 Å². The number of hydrogen-bond donors (Lipinski definition) is 1. The summed E-state index contributed by atoms with van der Waals surface area (Å²) in [6.07, 6.45) is 7.77. The molecule has 114 valence electrons. The molecule has 1 atom stereocenters. The summed E-state index contributed by atoms with van der Waals surface area (Å²) in [5.41, 5.74) is 8.30. The Morgan fingerprint density at radius 1 is 1.33 bits per heavy atom. The number of nitrogens with zero attached hydrogens (tertiary/aromatic N) is 2. The molecule has 4 nitrogen and oxygen atoms in total. The van der Waals surface area contributed by atoms with Gasteiger partial charge in [-0.25, -0.2) is 4.98 Å². The van der Waals surface area contributed by atoms with Gasteiger partial charge < -0.3 is 15.0 Å². The summed E-state index contributed by atoms with van der Waals surface area (Å²) in [5.74, 6) is 2.22. The Kier molecular flexibility index (Phi) is 4.04. The molecule has 1 aromatic carbocycles. The van der Waals surface area contributed by atoms with Crippen LogP contribution >= 0.6 is 0 Å². The smallest absolute Gasteiger partial charge is 0.201 e. The van der Waals surface area contributed by atoms with Crippen molar-refractivity contribution in [1.29, 1.82) is 0 Å². The van der Waals surface area contributed by atoms with E-state index in [1.54, 1.807) is 7.11 Å². The molecule has 1 aliphatic rings. The third kappa shape index (κ3) is 2.59. The molecular weight excluding hydrogens is 262 g/mol. The summed E-state index contributed by atoms with van der Waals surface area (Å²) in [4.78, 5) is 4.54. The van der Waals surface area contributed by atoms with Crippen LogP contribution in [0.5, 0.6) is 5.75 Å². The van der Waals surface area contributed by atoms with Crippen molar-refractivity contribution in [3.63, 3.8) is 0 Å². The first kappa shape index (κ1) is 14.2. The Bertz CT molecular complexity index is 614. The molecule has 1 aromatic heterocycles. The third-order valence-corrected chi connectivity index (χ3v) is 4.87. The monoisotopic (exact) mass is 287 g/mol. The second kappa shape index (κ2) is 5.96. The van der Waals surface area contributed by atoms with Gasteiger partial charge in [-0.3, -0.25) is 0 Å². The van der Waals surface area contributed by atoms with Crippen molar-refractivity contribution in [1.82, 2.24) is 9.55 Å². The fourth-order valence-electron chi connectivity index (χ4n) is 3.81. The van der Waals surface area contributed by atoms with Crippen LogP contribution in [0.25, 0.3) is 11.0 Å². The molecule has 0 radical (unpaired) electrons. The molecule has 2 aromatic rings. The zero-order valence-electron chi connectivity index (χ0n) is 13.0. The molecule has 1 unspecified atom stereocenters. The number of anilines is 1. The Balaban J connectivity index is 2.05. The number of fused-ring (bicyclic) bond motifs is 1. The van der Waals surface area contributed by atoms with Crippen molar-refractivity contribution in [2.45, 2.75) is 51.5 Å². The van der Waals surface area contributed by atoms with Crippen molar-refractivity contribution >= 4 is 17.0 Å². The lowest BCUT2D eigenvalue weighted by atomic mass is 9.82. The molecule has 0 bridgehead atoms. The van der Waals surface area contributed by atoms with Gasteiger partial charge in [-0.15, -0.1) is 0 Å². The molecule has 1 aliphatic carbocycles. The maximum atomic E-state index is 6.24. The van der Waals surface area contributed by atoms with E-state index in [-0.39, 0.29) is 0 Å². The Hall–Kier alpha value is -1.71. The van der Waals surface area contributed by atoms with E-state index in [1.165, 1.54) is 32.1 Å². The minimum atomic E-state index is 0.447. The summed E-state index contributed by atoms with van der Waals surface area (Å²) in [7, 11) is 1.70. The summed E-state index contributed by atoms with van der Waals surface area (Å²) in [5, 5.41) is 0. The minimum Gasteiger partial charge on any atom is -0.497 e. The summed E-state index contributed by atoms with van der Waals surface area (Å²) >= 11 is 0. The van der Waals surface area contributed by atoms with Crippen LogP contribution in [0.2, 0.25) is 0 Å². The number of imidazole rings is 1. The van der Waals surface area contributed by atoms with Crippen LogP contribution < -0.4 is 10.5 Å².